The molecule has 0 saturated carbocycles. The first-order valence-corrected chi connectivity index (χ1v) is 12.6. The molecule has 0 radical (unpaired) electrons. The highest BCUT2D eigenvalue weighted by molar-refractivity contribution is 5.29. The summed E-state index contributed by atoms with van der Waals surface area (Å²) in [6.07, 6.45) is -3.22. The fourth-order valence-electron chi connectivity index (χ4n) is 5.25. The number of ether oxygens (including phenoxy) is 2. The molecule has 0 aliphatic carbocycles. The summed E-state index contributed by atoms with van der Waals surface area (Å²) >= 11 is 0. The van der Waals surface area contributed by atoms with Gasteiger partial charge in [-0.05, 0) is 49.8 Å². The number of morpholine rings is 1. The van der Waals surface area contributed by atoms with Crippen LogP contribution in [-0.2, 0) is 28.7 Å². The maximum Gasteiger partial charge on any atom is 0.416 e. The molecule has 38 heavy (non-hydrogen) atoms. The topological polar surface area (TPSA) is 66.5 Å². The number of aromatic nitrogens is 3. The Morgan fingerprint density at radius 3 is 2.45 bits per heavy atom. The Balaban J connectivity index is 1.34. The third-order valence-electron chi connectivity index (χ3n) is 7.27. The second kappa shape index (κ2) is 10.7. The lowest BCUT2D eigenvalue weighted by Gasteiger charge is -2.49. The van der Waals surface area contributed by atoms with Crippen molar-refractivity contribution in [2.75, 3.05) is 33.9 Å². The van der Waals surface area contributed by atoms with Gasteiger partial charge in [0.05, 0.1) is 31.4 Å². The van der Waals surface area contributed by atoms with E-state index < -0.39 is 17.5 Å². The molecule has 2 aromatic carbocycles. The third kappa shape index (κ3) is 5.90. The van der Waals surface area contributed by atoms with E-state index >= 15 is 0 Å². The van der Waals surface area contributed by atoms with E-state index in [-0.39, 0.29) is 24.4 Å². The molecule has 1 spiro atoms. The SMILES string of the molecule is CN(C)Cc1n[nH]nc1CN1CC2(CC[C@@H](c3cccc(C(F)(F)F)c3)CO2)OC[C@@H]1c1ccc(F)cc1. The van der Waals surface area contributed by atoms with E-state index in [9.17, 15) is 17.6 Å². The molecule has 0 amide bonds. The highest BCUT2D eigenvalue weighted by Crippen LogP contribution is 2.41. The molecule has 1 aromatic heterocycles. The number of rotatable bonds is 6. The smallest absolute Gasteiger partial charge is 0.348 e. The minimum atomic E-state index is -4.39. The first kappa shape index (κ1) is 26.7. The van der Waals surface area contributed by atoms with Gasteiger partial charge in [-0.2, -0.15) is 28.6 Å². The molecule has 2 fully saturated rings. The Morgan fingerprint density at radius 2 is 1.76 bits per heavy atom. The summed E-state index contributed by atoms with van der Waals surface area (Å²) in [5.41, 5.74) is 2.51. The lowest BCUT2D eigenvalue weighted by molar-refractivity contribution is -0.297. The zero-order valence-corrected chi connectivity index (χ0v) is 21.3. The molecule has 1 unspecified atom stereocenters. The van der Waals surface area contributed by atoms with Gasteiger partial charge in [-0.25, -0.2) is 4.39 Å². The van der Waals surface area contributed by atoms with Crippen LogP contribution in [0.2, 0.25) is 0 Å². The summed E-state index contributed by atoms with van der Waals surface area (Å²) in [5.74, 6) is -1.35. The largest absolute Gasteiger partial charge is 0.416 e. The molecule has 3 heterocycles. The Bertz CT molecular complexity index is 1220. The van der Waals surface area contributed by atoms with Gasteiger partial charge in [0.15, 0.2) is 5.79 Å². The van der Waals surface area contributed by atoms with Crippen LogP contribution in [0.15, 0.2) is 48.5 Å². The minimum absolute atomic E-state index is 0.156. The number of hydrogen-bond donors (Lipinski definition) is 1. The van der Waals surface area contributed by atoms with Crippen molar-refractivity contribution < 1.29 is 27.0 Å². The van der Waals surface area contributed by atoms with Gasteiger partial charge in [-0.1, -0.05) is 30.3 Å². The van der Waals surface area contributed by atoms with E-state index in [1.54, 1.807) is 18.2 Å². The first-order valence-electron chi connectivity index (χ1n) is 12.6. The van der Waals surface area contributed by atoms with Crippen molar-refractivity contribution in [2.45, 2.75) is 49.9 Å². The maximum absolute atomic E-state index is 13.6. The van der Waals surface area contributed by atoms with E-state index in [4.69, 9.17) is 9.47 Å². The summed E-state index contributed by atoms with van der Waals surface area (Å²) in [6, 6.07) is 11.7. The second-order valence-corrected chi connectivity index (χ2v) is 10.3. The number of nitrogens with zero attached hydrogens (tertiary/aromatic N) is 4. The highest BCUT2D eigenvalue weighted by atomic mass is 19.4. The number of aromatic amines is 1. The van der Waals surface area contributed by atoms with Crippen LogP contribution in [0, 0.1) is 5.82 Å². The van der Waals surface area contributed by atoms with Crippen molar-refractivity contribution in [1.29, 1.82) is 0 Å². The van der Waals surface area contributed by atoms with E-state index in [0.717, 1.165) is 23.0 Å². The number of H-pyrrole nitrogens is 1. The van der Waals surface area contributed by atoms with Crippen LogP contribution >= 0.6 is 0 Å². The lowest BCUT2D eigenvalue weighted by atomic mass is 9.88. The van der Waals surface area contributed by atoms with Gasteiger partial charge in [0.1, 0.15) is 17.2 Å². The number of benzene rings is 2. The molecule has 1 N–H and O–H groups in total. The lowest BCUT2D eigenvalue weighted by Crippen LogP contribution is -2.56. The molecule has 3 aromatic rings. The number of hydrogen-bond acceptors (Lipinski definition) is 6. The highest BCUT2D eigenvalue weighted by Gasteiger charge is 2.45. The Hall–Kier alpha value is -2.86. The summed E-state index contributed by atoms with van der Waals surface area (Å²) in [4.78, 5) is 4.22. The third-order valence-corrected chi connectivity index (χ3v) is 7.27. The maximum atomic E-state index is 13.6. The molecule has 204 valence electrons. The molecule has 2 aliphatic heterocycles. The Morgan fingerprint density at radius 1 is 1.03 bits per heavy atom. The molecule has 11 heteroatoms. The predicted molar refractivity (Wildman–Crippen MR) is 131 cm³/mol. The van der Waals surface area contributed by atoms with Crippen LogP contribution < -0.4 is 0 Å². The molecule has 2 saturated heterocycles. The van der Waals surface area contributed by atoms with Crippen LogP contribution in [0.1, 0.15) is 52.9 Å². The number of alkyl halides is 3. The molecule has 7 nitrogen and oxygen atoms in total. The van der Waals surface area contributed by atoms with Gasteiger partial charge in [-0.3, -0.25) is 4.90 Å². The van der Waals surface area contributed by atoms with E-state index in [1.165, 1.54) is 24.3 Å². The van der Waals surface area contributed by atoms with Gasteiger partial charge in [0.2, 0.25) is 0 Å². The summed E-state index contributed by atoms with van der Waals surface area (Å²) in [6.45, 7) is 2.11. The average Bonchev–Trinajstić information content (AvgIpc) is 3.31. The van der Waals surface area contributed by atoms with Crippen LogP contribution in [-0.4, -0.2) is 64.9 Å². The van der Waals surface area contributed by atoms with E-state index in [1.807, 2.05) is 19.0 Å². The van der Waals surface area contributed by atoms with Crippen LogP contribution in [0.4, 0.5) is 17.6 Å². The second-order valence-electron chi connectivity index (χ2n) is 10.3. The van der Waals surface area contributed by atoms with Gasteiger partial charge >= 0.3 is 6.18 Å². The standard InChI is InChI=1S/C27H31F4N5O2/c1-35(2)13-23-24(33-34-32-23)14-36-17-26(38-16-25(36)18-6-8-22(28)9-7-18)11-10-20(15-37-26)19-4-3-5-21(12-19)27(29,30)31/h3-9,12,20,25H,10-11,13-17H2,1-2H3,(H,32,33,34)/t20-,25-,26?/m1/s1. The number of halogens is 4. The molecule has 3 atom stereocenters. The van der Waals surface area contributed by atoms with E-state index in [2.05, 4.69) is 20.3 Å². The van der Waals surface area contributed by atoms with E-state index in [0.29, 0.717) is 44.6 Å². The molecule has 0 bridgehead atoms. The fourth-order valence-corrected chi connectivity index (χ4v) is 5.25. The Kier molecular flexibility index (Phi) is 7.54. The first-order chi connectivity index (χ1) is 18.1. The summed E-state index contributed by atoms with van der Waals surface area (Å²) in [5, 5.41) is 11.4. The van der Waals surface area contributed by atoms with Gasteiger partial charge in [0.25, 0.3) is 0 Å². The average molecular weight is 534 g/mol. The van der Waals surface area contributed by atoms with Crippen LogP contribution in [0.3, 0.4) is 0 Å². The zero-order chi connectivity index (χ0) is 26.9. The van der Waals surface area contributed by atoms with Crippen LogP contribution in [0.5, 0.6) is 0 Å². The molecular formula is C27H31F4N5O2. The molecule has 5 rings (SSSR count). The summed E-state index contributed by atoms with van der Waals surface area (Å²) < 4.78 is 65.9. The summed E-state index contributed by atoms with van der Waals surface area (Å²) in [7, 11) is 3.92. The molecule has 2 aliphatic rings. The Labute approximate surface area is 218 Å². The predicted octanol–water partition coefficient (Wildman–Crippen LogP) is 4.89. The van der Waals surface area contributed by atoms with Gasteiger partial charge in [-0.15, -0.1) is 0 Å². The monoisotopic (exact) mass is 533 g/mol. The van der Waals surface area contributed by atoms with Crippen LogP contribution in [0.25, 0.3) is 0 Å². The van der Waals surface area contributed by atoms with Crippen molar-refractivity contribution >= 4 is 0 Å². The van der Waals surface area contributed by atoms with Gasteiger partial charge < -0.3 is 14.4 Å². The van der Waals surface area contributed by atoms with Crippen molar-refractivity contribution in [2.24, 2.45) is 0 Å². The normalized spacial score (nSPS) is 24.8. The quantitative estimate of drug-likeness (QED) is 0.456. The van der Waals surface area contributed by atoms with Crippen molar-refractivity contribution in [1.82, 2.24) is 25.2 Å². The fraction of sp³-hybridized carbons (Fsp3) is 0.481. The van der Waals surface area contributed by atoms with Crippen molar-refractivity contribution in [3.8, 4) is 0 Å². The van der Waals surface area contributed by atoms with Crippen molar-refractivity contribution in [3.05, 3.63) is 82.4 Å². The van der Waals surface area contributed by atoms with Crippen molar-refractivity contribution in [3.63, 3.8) is 0 Å². The zero-order valence-electron chi connectivity index (χ0n) is 21.3. The number of nitrogens with one attached hydrogen (secondary N) is 1. The molecular weight excluding hydrogens is 502 g/mol. The van der Waals surface area contributed by atoms with Gasteiger partial charge in [0, 0.05) is 25.4 Å². The minimum Gasteiger partial charge on any atom is -0.348 e.